The van der Waals surface area contributed by atoms with E-state index in [1.54, 1.807) is 7.11 Å². The number of nitrogens with zero attached hydrogens (tertiary/aromatic N) is 3. The molecule has 0 radical (unpaired) electrons. The zero-order chi connectivity index (χ0) is 14.8. The SMILES string of the molecule is COCC1(C(N)=O)CCCN1Cc1nc(C(C)C)no1. The van der Waals surface area contributed by atoms with Crippen molar-refractivity contribution in [3.05, 3.63) is 11.7 Å². The van der Waals surface area contributed by atoms with Gasteiger partial charge in [-0.15, -0.1) is 0 Å². The molecule has 2 N–H and O–H groups in total. The van der Waals surface area contributed by atoms with Gasteiger partial charge in [0.25, 0.3) is 0 Å². The molecule has 1 aliphatic heterocycles. The van der Waals surface area contributed by atoms with Gasteiger partial charge in [0.1, 0.15) is 5.54 Å². The number of carbonyl (C=O) groups excluding carboxylic acids is 1. The van der Waals surface area contributed by atoms with Crippen LogP contribution in [0.15, 0.2) is 4.52 Å². The Balaban J connectivity index is 2.15. The summed E-state index contributed by atoms with van der Waals surface area (Å²) in [5.41, 5.74) is 4.83. The minimum Gasteiger partial charge on any atom is -0.382 e. The third-order valence-corrected chi connectivity index (χ3v) is 3.79. The van der Waals surface area contributed by atoms with Gasteiger partial charge in [-0.1, -0.05) is 19.0 Å². The highest BCUT2D eigenvalue weighted by molar-refractivity contribution is 5.85. The van der Waals surface area contributed by atoms with Crippen molar-refractivity contribution in [2.75, 3.05) is 20.3 Å². The second-order valence-electron chi connectivity index (χ2n) is 5.55. The lowest BCUT2D eigenvalue weighted by Gasteiger charge is -2.34. The van der Waals surface area contributed by atoms with E-state index < -0.39 is 5.54 Å². The Kier molecular flexibility index (Phi) is 4.39. The summed E-state index contributed by atoms with van der Waals surface area (Å²) in [5, 5.41) is 3.94. The van der Waals surface area contributed by atoms with Crippen LogP contribution >= 0.6 is 0 Å². The maximum Gasteiger partial charge on any atom is 0.240 e. The van der Waals surface area contributed by atoms with Gasteiger partial charge in [-0.25, -0.2) is 0 Å². The number of hydrogen-bond donors (Lipinski definition) is 1. The average Bonchev–Trinajstić information content (AvgIpc) is 2.99. The lowest BCUT2D eigenvalue weighted by atomic mass is 9.96. The summed E-state index contributed by atoms with van der Waals surface area (Å²) in [4.78, 5) is 18.2. The smallest absolute Gasteiger partial charge is 0.240 e. The average molecular weight is 282 g/mol. The van der Waals surface area contributed by atoms with Gasteiger partial charge in [0, 0.05) is 13.0 Å². The van der Waals surface area contributed by atoms with Crippen molar-refractivity contribution in [1.29, 1.82) is 0 Å². The number of ether oxygens (including phenoxy) is 1. The molecule has 0 saturated carbocycles. The van der Waals surface area contributed by atoms with E-state index in [2.05, 4.69) is 10.1 Å². The fraction of sp³-hybridized carbons (Fsp3) is 0.769. The maximum atomic E-state index is 11.9. The van der Waals surface area contributed by atoms with E-state index in [4.69, 9.17) is 15.0 Å². The Hall–Kier alpha value is -1.47. The highest BCUT2D eigenvalue weighted by atomic mass is 16.5. The molecule has 1 unspecified atom stereocenters. The van der Waals surface area contributed by atoms with Gasteiger partial charge in [0.05, 0.1) is 13.2 Å². The fourth-order valence-corrected chi connectivity index (χ4v) is 2.65. The third kappa shape index (κ3) is 2.69. The van der Waals surface area contributed by atoms with Gasteiger partial charge < -0.3 is 15.0 Å². The Morgan fingerprint density at radius 2 is 2.35 bits per heavy atom. The first-order valence-corrected chi connectivity index (χ1v) is 6.86. The molecule has 2 heterocycles. The molecule has 1 saturated heterocycles. The minimum atomic E-state index is -0.763. The molecule has 1 atom stereocenters. The molecule has 1 fully saturated rings. The summed E-state index contributed by atoms with van der Waals surface area (Å²) in [6, 6.07) is 0. The standard InChI is InChI=1S/C13H22N4O3/c1-9(2)11-15-10(20-16-11)7-17-6-4-5-13(17,8-19-3)12(14)18/h9H,4-8H2,1-3H3,(H2,14,18). The van der Waals surface area contributed by atoms with Crippen LogP contribution in [-0.4, -0.2) is 46.7 Å². The monoisotopic (exact) mass is 282 g/mol. The van der Waals surface area contributed by atoms with Crippen molar-refractivity contribution in [2.24, 2.45) is 5.73 Å². The van der Waals surface area contributed by atoms with Gasteiger partial charge in [0.15, 0.2) is 5.82 Å². The van der Waals surface area contributed by atoms with Crippen molar-refractivity contribution in [1.82, 2.24) is 15.0 Å². The molecule has 1 amide bonds. The number of hydrogen-bond acceptors (Lipinski definition) is 6. The molecule has 0 aliphatic carbocycles. The molecule has 7 heteroatoms. The van der Waals surface area contributed by atoms with E-state index in [1.165, 1.54) is 0 Å². The number of amides is 1. The second-order valence-corrected chi connectivity index (χ2v) is 5.55. The third-order valence-electron chi connectivity index (χ3n) is 3.79. The van der Waals surface area contributed by atoms with E-state index in [-0.39, 0.29) is 18.4 Å². The lowest BCUT2D eigenvalue weighted by molar-refractivity contribution is -0.132. The van der Waals surface area contributed by atoms with Crippen LogP contribution in [0.25, 0.3) is 0 Å². The highest BCUT2D eigenvalue weighted by Crippen LogP contribution is 2.31. The Bertz CT molecular complexity index is 474. The number of methoxy groups -OCH3 is 1. The summed E-state index contributed by atoms with van der Waals surface area (Å²) in [7, 11) is 1.57. The number of rotatable bonds is 6. The topological polar surface area (TPSA) is 94.5 Å². The van der Waals surface area contributed by atoms with Crippen LogP contribution in [0, 0.1) is 0 Å². The number of nitrogens with two attached hydrogens (primary N) is 1. The number of primary amides is 1. The second kappa shape index (κ2) is 5.88. The van der Waals surface area contributed by atoms with Crippen LogP contribution < -0.4 is 5.73 Å². The summed E-state index contributed by atoms with van der Waals surface area (Å²) < 4.78 is 10.4. The zero-order valence-corrected chi connectivity index (χ0v) is 12.3. The first-order chi connectivity index (χ1) is 9.49. The molecule has 1 aliphatic rings. The molecule has 2 rings (SSSR count). The predicted octanol–water partition coefficient (Wildman–Crippen LogP) is 0.659. The summed E-state index contributed by atoms with van der Waals surface area (Å²) in [5.74, 6) is 1.04. The van der Waals surface area contributed by atoms with Gasteiger partial charge >= 0.3 is 0 Å². The van der Waals surface area contributed by atoms with Gasteiger partial charge in [-0.05, 0) is 19.4 Å². The van der Waals surface area contributed by atoms with E-state index >= 15 is 0 Å². The van der Waals surface area contributed by atoms with E-state index in [0.717, 1.165) is 13.0 Å². The van der Waals surface area contributed by atoms with Crippen molar-refractivity contribution < 1.29 is 14.1 Å². The number of likely N-dealkylation sites (tertiary alicyclic amines) is 1. The molecule has 112 valence electrons. The van der Waals surface area contributed by atoms with E-state index in [1.807, 2.05) is 18.7 Å². The fourth-order valence-electron chi connectivity index (χ4n) is 2.65. The Labute approximate surface area is 118 Å². The van der Waals surface area contributed by atoms with Crippen LogP contribution in [0.3, 0.4) is 0 Å². The molecular weight excluding hydrogens is 260 g/mol. The molecular formula is C13H22N4O3. The largest absolute Gasteiger partial charge is 0.382 e. The summed E-state index contributed by atoms with van der Waals surface area (Å²) in [6.07, 6.45) is 1.60. The van der Waals surface area contributed by atoms with Gasteiger partial charge in [0.2, 0.25) is 11.8 Å². The van der Waals surface area contributed by atoms with Crippen LogP contribution in [0.2, 0.25) is 0 Å². The Morgan fingerprint density at radius 1 is 1.60 bits per heavy atom. The van der Waals surface area contributed by atoms with Crippen LogP contribution in [0.4, 0.5) is 0 Å². The number of carbonyl (C=O) groups is 1. The quantitative estimate of drug-likeness (QED) is 0.823. The maximum absolute atomic E-state index is 11.9. The molecule has 1 aromatic rings. The van der Waals surface area contributed by atoms with Crippen LogP contribution in [-0.2, 0) is 16.1 Å². The van der Waals surface area contributed by atoms with Crippen LogP contribution in [0.5, 0.6) is 0 Å². The first kappa shape index (κ1) is 14.9. The van der Waals surface area contributed by atoms with Crippen molar-refractivity contribution in [2.45, 2.75) is 44.7 Å². The molecule has 7 nitrogen and oxygen atoms in total. The molecule has 1 aromatic heterocycles. The number of aromatic nitrogens is 2. The van der Waals surface area contributed by atoms with Crippen molar-refractivity contribution >= 4 is 5.91 Å². The molecule has 0 spiro atoms. The van der Waals surface area contributed by atoms with Crippen molar-refractivity contribution in [3.63, 3.8) is 0 Å². The lowest BCUT2D eigenvalue weighted by Crippen LogP contribution is -2.56. The van der Waals surface area contributed by atoms with E-state index in [0.29, 0.717) is 24.7 Å². The molecule has 20 heavy (non-hydrogen) atoms. The first-order valence-electron chi connectivity index (χ1n) is 6.86. The highest BCUT2D eigenvalue weighted by Gasteiger charge is 2.46. The molecule has 0 bridgehead atoms. The summed E-state index contributed by atoms with van der Waals surface area (Å²) >= 11 is 0. The minimum absolute atomic E-state index is 0.214. The van der Waals surface area contributed by atoms with E-state index in [9.17, 15) is 4.79 Å². The van der Waals surface area contributed by atoms with Crippen molar-refractivity contribution in [3.8, 4) is 0 Å². The Morgan fingerprint density at radius 3 is 2.90 bits per heavy atom. The zero-order valence-electron chi connectivity index (χ0n) is 12.3. The predicted molar refractivity (Wildman–Crippen MR) is 71.8 cm³/mol. The van der Waals surface area contributed by atoms with Gasteiger partial charge in [-0.2, -0.15) is 4.98 Å². The summed E-state index contributed by atoms with van der Waals surface area (Å²) in [6.45, 7) is 5.48. The normalized spacial score (nSPS) is 23.6. The van der Waals surface area contributed by atoms with Crippen LogP contribution in [0.1, 0.15) is 44.3 Å². The molecule has 0 aromatic carbocycles. The van der Waals surface area contributed by atoms with Gasteiger partial charge in [-0.3, -0.25) is 9.69 Å².